The molecule has 3 aromatic rings. The smallest absolute Gasteiger partial charge is 0.258 e. The Morgan fingerprint density at radius 3 is 2.36 bits per heavy atom. The molecule has 0 unspecified atom stereocenters. The molecule has 6 nitrogen and oxygen atoms in total. The van der Waals surface area contributed by atoms with Crippen LogP contribution in [-0.2, 0) is 4.79 Å². The average molecular weight is 334 g/mol. The van der Waals surface area contributed by atoms with Crippen LogP contribution in [0.5, 0.6) is 0 Å². The second-order valence-electron chi connectivity index (χ2n) is 5.60. The molecule has 0 aliphatic carbocycles. The first-order chi connectivity index (χ1) is 12.0. The van der Waals surface area contributed by atoms with Crippen molar-refractivity contribution >= 4 is 23.3 Å². The first-order valence-corrected chi connectivity index (χ1v) is 7.84. The highest BCUT2D eigenvalue weighted by Gasteiger charge is 2.15. The number of carbonyl (C=O) groups excluding carboxylic acids is 2. The molecule has 0 saturated carbocycles. The molecular weight excluding hydrogens is 316 g/mol. The first kappa shape index (κ1) is 16.4. The van der Waals surface area contributed by atoms with Crippen LogP contribution in [0, 0.1) is 6.92 Å². The van der Waals surface area contributed by atoms with E-state index in [-0.39, 0.29) is 11.8 Å². The van der Waals surface area contributed by atoms with E-state index in [1.807, 2.05) is 37.3 Å². The number of carbonyl (C=O) groups is 2. The predicted molar refractivity (Wildman–Crippen MR) is 97.0 cm³/mol. The van der Waals surface area contributed by atoms with Gasteiger partial charge in [-0.3, -0.25) is 9.59 Å². The van der Waals surface area contributed by atoms with Gasteiger partial charge in [0.05, 0.1) is 22.6 Å². The van der Waals surface area contributed by atoms with Gasteiger partial charge in [-0.05, 0) is 31.2 Å². The summed E-state index contributed by atoms with van der Waals surface area (Å²) < 4.78 is 1.67. The minimum Gasteiger partial charge on any atom is -0.326 e. The highest BCUT2D eigenvalue weighted by molar-refractivity contribution is 6.09. The van der Waals surface area contributed by atoms with Crippen molar-refractivity contribution in [3.05, 3.63) is 71.9 Å². The molecule has 0 atom stereocenters. The average Bonchev–Trinajstić information content (AvgIpc) is 2.96. The number of hydrogen-bond donors (Lipinski definition) is 2. The van der Waals surface area contributed by atoms with Crippen molar-refractivity contribution in [3.8, 4) is 5.69 Å². The summed E-state index contributed by atoms with van der Waals surface area (Å²) in [5.41, 5.74) is 2.49. The zero-order chi connectivity index (χ0) is 17.8. The van der Waals surface area contributed by atoms with Crippen molar-refractivity contribution in [2.24, 2.45) is 0 Å². The number of para-hydroxylation sites is 2. The Bertz CT molecular complexity index is 916. The fourth-order valence-corrected chi connectivity index (χ4v) is 2.52. The van der Waals surface area contributed by atoms with E-state index in [2.05, 4.69) is 15.7 Å². The maximum atomic E-state index is 12.7. The van der Waals surface area contributed by atoms with E-state index in [1.54, 1.807) is 35.0 Å². The number of nitrogens with zero attached hydrogens (tertiary/aromatic N) is 2. The third kappa shape index (κ3) is 3.74. The second-order valence-corrected chi connectivity index (χ2v) is 5.60. The summed E-state index contributed by atoms with van der Waals surface area (Å²) >= 11 is 0. The Kier molecular flexibility index (Phi) is 4.61. The number of anilines is 2. The summed E-state index contributed by atoms with van der Waals surface area (Å²) in [5, 5.41) is 9.97. The van der Waals surface area contributed by atoms with E-state index in [0.717, 1.165) is 11.4 Å². The van der Waals surface area contributed by atoms with Crippen LogP contribution in [-0.4, -0.2) is 21.6 Å². The number of hydrogen-bond acceptors (Lipinski definition) is 3. The largest absolute Gasteiger partial charge is 0.326 e. The molecule has 1 aromatic heterocycles. The van der Waals surface area contributed by atoms with Crippen LogP contribution >= 0.6 is 0 Å². The van der Waals surface area contributed by atoms with Gasteiger partial charge in [0.1, 0.15) is 5.82 Å². The summed E-state index contributed by atoms with van der Waals surface area (Å²) in [7, 11) is 0. The lowest BCUT2D eigenvalue weighted by atomic mass is 10.1. The SMILES string of the molecule is CC(=O)Nc1ccccc1C(=O)Nc1cc(C)nn1-c1ccccc1. The summed E-state index contributed by atoms with van der Waals surface area (Å²) in [6, 6.07) is 18.2. The van der Waals surface area contributed by atoms with Gasteiger partial charge >= 0.3 is 0 Å². The summed E-state index contributed by atoms with van der Waals surface area (Å²) in [6.45, 7) is 3.27. The number of benzene rings is 2. The molecule has 0 fully saturated rings. The van der Waals surface area contributed by atoms with Crippen molar-refractivity contribution in [3.63, 3.8) is 0 Å². The van der Waals surface area contributed by atoms with Gasteiger partial charge in [-0.2, -0.15) is 5.10 Å². The molecular formula is C19H18N4O2. The zero-order valence-corrected chi connectivity index (χ0v) is 14.0. The van der Waals surface area contributed by atoms with Crippen LogP contribution in [0.15, 0.2) is 60.7 Å². The molecule has 1 heterocycles. The molecule has 2 amide bonds. The number of amides is 2. The molecule has 2 aromatic carbocycles. The lowest BCUT2D eigenvalue weighted by molar-refractivity contribution is -0.114. The van der Waals surface area contributed by atoms with Gasteiger partial charge in [0.2, 0.25) is 5.91 Å². The second kappa shape index (κ2) is 7.00. The van der Waals surface area contributed by atoms with Gasteiger partial charge in [-0.15, -0.1) is 0 Å². The van der Waals surface area contributed by atoms with E-state index >= 15 is 0 Å². The predicted octanol–water partition coefficient (Wildman–Crippen LogP) is 3.39. The van der Waals surface area contributed by atoms with Gasteiger partial charge in [-0.1, -0.05) is 30.3 Å². The molecule has 3 rings (SSSR count). The van der Waals surface area contributed by atoms with Crippen molar-refractivity contribution < 1.29 is 9.59 Å². The van der Waals surface area contributed by atoms with Gasteiger partial charge in [-0.25, -0.2) is 4.68 Å². The Balaban J connectivity index is 1.92. The summed E-state index contributed by atoms with van der Waals surface area (Å²) in [4.78, 5) is 24.0. The minimum atomic E-state index is -0.318. The summed E-state index contributed by atoms with van der Waals surface area (Å²) in [5.74, 6) is 0.0122. The Morgan fingerprint density at radius 1 is 0.960 bits per heavy atom. The summed E-state index contributed by atoms with van der Waals surface area (Å²) in [6.07, 6.45) is 0. The van der Waals surface area contributed by atoms with Crippen LogP contribution in [0.1, 0.15) is 23.0 Å². The maximum absolute atomic E-state index is 12.7. The monoisotopic (exact) mass is 334 g/mol. The van der Waals surface area contributed by atoms with Crippen LogP contribution in [0.25, 0.3) is 5.69 Å². The molecule has 6 heteroatoms. The Morgan fingerprint density at radius 2 is 1.64 bits per heavy atom. The molecule has 25 heavy (non-hydrogen) atoms. The normalized spacial score (nSPS) is 10.3. The van der Waals surface area contributed by atoms with E-state index < -0.39 is 0 Å². The topological polar surface area (TPSA) is 76.0 Å². The maximum Gasteiger partial charge on any atom is 0.258 e. The lowest BCUT2D eigenvalue weighted by Crippen LogP contribution is -2.18. The fourth-order valence-electron chi connectivity index (χ4n) is 2.52. The standard InChI is InChI=1S/C19H18N4O2/c1-13-12-18(23(22-13)15-8-4-3-5-9-15)21-19(25)16-10-6-7-11-17(16)20-14(2)24/h3-12H,1-2H3,(H,20,24)(H,21,25). The molecule has 2 N–H and O–H groups in total. The quantitative estimate of drug-likeness (QED) is 0.768. The molecule has 0 spiro atoms. The molecule has 126 valence electrons. The Hall–Kier alpha value is -3.41. The van der Waals surface area contributed by atoms with Crippen molar-refractivity contribution in [1.82, 2.24) is 9.78 Å². The van der Waals surface area contributed by atoms with E-state index in [4.69, 9.17) is 0 Å². The molecule has 0 bridgehead atoms. The molecule has 0 saturated heterocycles. The van der Waals surface area contributed by atoms with Crippen molar-refractivity contribution in [2.75, 3.05) is 10.6 Å². The van der Waals surface area contributed by atoms with Gasteiger partial charge in [0, 0.05) is 13.0 Å². The van der Waals surface area contributed by atoms with E-state index in [9.17, 15) is 9.59 Å². The van der Waals surface area contributed by atoms with Gasteiger partial charge in [0.25, 0.3) is 5.91 Å². The minimum absolute atomic E-state index is 0.231. The fraction of sp³-hybridized carbons (Fsp3) is 0.105. The number of rotatable bonds is 4. The molecule has 0 radical (unpaired) electrons. The molecule has 0 aliphatic heterocycles. The van der Waals surface area contributed by atoms with E-state index in [0.29, 0.717) is 17.1 Å². The number of aryl methyl sites for hydroxylation is 1. The highest BCUT2D eigenvalue weighted by Crippen LogP contribution is 2.20. The Labute approximate surface area is 145 Å². The zero-order valence-electron chi connectivity index (χ0n) is 14.0. The first-order valence-electron chi connectivity index (χ1n) is 7.84. The van der Waals surface area contributed by atoms with Crippen molar-refractivity contribution in [2.45, 2.75) is 13.8 Å². The van der Waals surface area contributed by atoms with Crippen LogP contribution in [0.2, 0.25) is 0 Å². The van der Waals surface area contributed by atoms with Crippen LogP contribution in [0.4, 0.5) is 11.5 Å². The van der Waals surface area contributed by atoms with E-state index in [1.165, 1.54) is 6.92 Å². The van der Waals surface area contributed by atoms with Gasteiger partial charge < -0.3 is 10.6 Å². The third-order valence-electron chi connectivity index (χ3n) is 3.56. The van der Waals surface area contributed by atoms with Crippen molar-refractivity contribution in [1.29, 1.82) is 0 Å². The number of aromatic nitrogens is 2. The van der Waals surface area contributed by atoms with Crippen LogP contribution < -0.4 is 10.6 Å². The van der Waals surface area contributed by atoms with Crippen LogP contribution in [0.3, 0.4) is 0 Å². The highest BCUT2D eigenvalue weighted by atomic mass is 16.2. The lowest BCUT2D eigenvalue weighted by Gasteiger charge is -2.11. The van der Waals surface area contributed by atoms with Gasteiger partial charge in [0.15, 0.2) is 0 Å². The molecule has 0 aliphatic rings. The third-order valence-corrected chi connectivity index (χ3v) is 3.56. The number of nitrogens with one attached hydrogen (secondary N) is 2.